The van der Waals surface area contributed by atoms with E-state index < -0.39 is 29.7 Å². The molecule has 2 aliphatic heterocycles. The van der Waals surface area contributed by atoms with Crippen molar-refractivity contribution in [1.82, 2.24) is 4.90 Å². The van der Waals surface area contributed by atoms with Gasteiger partial charge >= 0.3 is 5.97 Å². The van der Waals surface area contributed by atoms with Gasteiger partial charge in [-0.15, -0.1) is 0 Å². The number of hydrogen-bond donors (Lipinski definition) is 1. The average Bonchev–Trinajstić information content (AvgIpc) is 3.08. The second-order valence-electron chi connectivity index (χ2n) is 6.06. The summed E-state index contributed by atoms with van der Waals surface area (Å²) in [5.74, 6) is -2.30. The molecule has 0 bridgehead atoms. The van der Waals surface area contributed by atoms with Crippen LogP contribution >= 0.6 is 35.7 Å². The third-order valence-electron chi connectivity index (χ3n) is 4.36. The first kappa shape index (κ1) is 20.6. The molecule has 7 nitrogen and oxygen atoms in total. The minimum Gasteiger partial charge on any atom is -0.480 e. The first-order chi connectivity index (χ1) is 13.3. The van der Waals surface area contributed by atoms with Crippen LogP contribution in [0.15, 0.2) is 29.2 Å². The third-order valence-corrected chi connectivity index (χ3v) is 6.41. The van der Waals surface area contributed by atoms with Gasteiger partial charge in [0, 0.05) is 12.5 Å². The predicted molar refractivity (Wildman–Crippen MR) is 113 cm³/mol. The Morgan fingerprint density at radius 2 is 1.93 bits per heavy atom. The van der Waals surface area contributed by atoms with Gasteiger partial charge in [-0.25, -0.2) is 9.69 Å². The van der Waals surface area contributed by atoms with Crippen molar-refractivity contribution < 1.29 is 24.3 Å². The van der Waals surface area contributed by atoms with Crippen molar-refractivity contribution in [3.63, 3.8) is 0 Å². The van der Waals surface area contributed by atoms with Crippen LogP contribution in [0.5, 0.6) is 0 Å². The van der Waals surface area contributed by atoms with Crippen molar-refractivity contribution >= 4 is 75.0 Å². The molecule has 1 N–H and O–H groups in total. The molecule has 1 saturated heterocycles. The first-order valence-corrected chi connectivity index (χ1v) is 10.9. The summed E-state index contributed by atoms with van der Waals surface area (Å²) in [7, 11) is 0. The number of carbonyl (C=O) groups excluding carboxylic acids is 3. The molecule has 1 atom stereocenters. The summed E-state index contributed by atoms with van der Waals surface area (Å²) in [6, 6.07) is 5.57. The SMILES string of the molecule is CSCC[C@H](C(=O)O)N1C(=O)/C(=C2/C(=O)N(C(C)=O)c3ccccc32)SC1=S. The highest BCUT2D eigenvalue weighted by molar-refractivity contribution is 8.26. The van der Waals surface area contributed by atoms with Gasteiger partial charge in [0.1, 0.15) is 10.4 Å². The molecule has 1 fully saturated rings. The van der Waals surface area contributed by atoms with Gasteiger partial charge in [0.25, 0.3) is 11.8 Å². The highest BCUT2D eigenvalue weighted by Gasteiger charge is 2.46. The molecule has 0 radical (unpaired) electrons. The van der Waals surface area contributed by atoms with Crippen molar-refractivity contribution in [2.45, 2.75) is 19.4 Å². The zero-order chi connectivity index (χ0) is 20.6. The molecule has 3 rings (SSSR count). The third kappa shape index (κ3) is 3.36. The van der Waals surface area contributed by atoms with Crippen molar-refractivity contribution in [3.05, 3.63) is 34.7 Å². The molecule has 0 aliphatic carbocycles. The maximum atomic E-state index is 13.1. The summed E-state index contributed by atoms with van der Waals surface area (Å²) >= 11 is 7.63. The molecule has 0 unspecified atom stereocenters. The summed E-state index contributed by atoms with van der Waals surface area (Å²) in [6.45, 7) is 1.27. The smallest absolute Gasteiger partial charge is 0.326 e. The summed E-state index contributed by atoms with van der Waals surface area (Å²) in [4.78, 5) is 51.8. The zero-order valence-electron chi connectivity index (χ0n) is 15.0. The van der Waals surface area contributed by atoms with Crippen LogP contribution in [0, 0.1) is 0 Å². The van der Waals surface area contributed by atoms with Crippen molar-refractivity contribution in [2.75, 3.05) is 16.9 Å². The summed E-state index contributed by atoms with van der Waals surface area (Å²) < 4.78 is 0.0903. The second kappa shape index (κ2) is 8.06. The van der Waals surface area contributed by atoms with E-state index in [-0.39, 0.29) is 21.2 Å². The number of thioether (sulfide) groups is 2. The number of anilines is 1. The van der Waals surface area contributed by atoms with Crippen LogP contribution in [-0.2, 0) is 19.2 Å². The highest BCUT2D eigenvalue weighted by atomic mass is 32.2. The Balaban J connectivity index is 2.09. The van der Waals surface area contributed by atoms with Crippen LogP contribution in [0.2, 0.25) is 0 Å². The predicted octanol–water partition coefficient (Wildman–Crippen LogP) is 2.36. The summed E-state index contributed by atoms with van der Waals surface area (Å²) in [5, 5.41) is 9.56. The lowest BCUT2D eigenvalue weighted by Crippen LogP contribution is -2.44. The number of benzene rings is 1. The number of amides is 3. The molecule has 0 aromatic heterocycles. The van der Waals surface area contributed by atoms with Crippen LogP contribution in [0.3, 0.4) is 0 Å². The number of thiocarbonyl (C=S) groups is 1. The Bertz CT molecular complexity index is 943. The molecule has 3 amide bonds. The first-order valence-electron chi connectivity index (χ1n) is 8.25. The van der Waals surface area contributed by atoms with E-state index in [1.807, 2.05) is 6.26 Å². The summed E-state index contributed by atoms with van der Waals surface area (Å²) in [5.41, 5.74) is 0.941. The molecule has 2 heterocycles. The lowest BCUT2D eigenvalue weighted by molar-refractivity contribution is -0.145. The molecular weight excluding hydrogens is 420 g/mol. The molecule has 0 saturated carbocycles. The number of fused-ring (bicyclic) bond motifs is 1. The zero-order valence-corrected chi connectivity index (χ0v) is 17.4. The Labute approximate surface area is 175 Å². The van der Waals surface area contributed by atoms with E-state index in [0.29, 0.717) is 17.0 Å². The molecule has 10 heteroatoms. The topological polar surface area (TPSA) is 95.0 Å². The molecule has 1 aromatic rings. The maximum Gasteiger partial charge on any atom is 0.326 e. The fourth-order valence-corrected chi connectivity index (χ4v) is 5.03. The van der Waals surface area contributed by atoms with Gasteiger partial charge in [-0.3, -0.25) is 19.3 Å². The molecular formula is C18H16N2O5S3. The number of aliphatic carboxylic acids is 1. The number of carboxylic acids is 1. The largest absolute Gasteiger partial charge is 0.480 e. The average molecular weight is 437 g/mol. The second-order valence-corrected chi connectivity index (χ2v) is 8.69. The number of nitrogens with zero attached hydrogens (tertiary/aromatic N) is 2. The molecule has 28 heavy (non-hydrogen) atoms. The van der Waals surface area contributed by atoms with E-state index in [1.54, 1.807) is 24.3 Å². The number of para-hydroxylation sites is 1. The van der Waals surface area contributed by atoms with E-state index in [9.17, 15) is 24.3 Å². The number of carboxylic acid groups (broad SMARTS) is 1. The van der Waals surface area contributed by atoms with Crippen LogP contribution in [0.4, 0.5) is 5.69 Å². The molecule has 1 aromatic carbocycles. The van der Waals surface area contributed by atoms with Crippen LogP contribution < -0.4 is 4.90 Å². The number of rotatable bonds is 5. The minimum absolute atomic E-state index is 0.0570. The Morgan fingerprint density at radius 3 is 2.54 bits per heavy atom. The van der Waals surface area contributed by atoms with Crippen molar-refractivity contribution in [3.8, 4) is 0 Å². The van der Waals surface area contributed by atoms with E-state index in [2.05, 4.69) is 0 Å². The van der Waals surface area contributed by atoms with Crippen molar-refractivity contribution in [1.29, 1.82) is 0 Å². The normalized spacial score (nSPS) is 20.0. The van der Waals surface area contributed by atoms with Crippen LogP contribution in [0.1, 0.15) is 18.9 Å². The van der Waals surface area contributed by atoms with Gasteiger partial charge < -0.3 is 5.11 Å². The maximum absolute atomic E-state index is 13.1. The summed E-state index contributed by atoms with van der Waals surface area (Å²) in [6.07, 6.45) is 2.07. The van der Waals surface area contributed by atoms with Crippen molar-refractivity contribution in [2.24, 2.45) is 0 Å². The van der Waals surface area contributed by atoms with E-state index in [0.717, 1.165) is 21.6 Å². The fraction of sp³-hybridized carbons (Fsp3) is 0.278. The van der Waals surface area contributed by atoms with E-state index in [4.69, 9.17) is 12.2 Å². The lowest BCUT2D eigenvalue weighted by atomic mass is 10.1. The van der Waals surface area contributed by atoms with Gasteiger partial charge in [0.2, 0.25) is 5.91 Å². The Kier molecular flexibility index (Phi) is 5.92. The van der Waals surface area contributed by atoms with Gasteiger partial charge in [-0.1, -0.05) is 42.2 Å². The standard InChI is InChI=1S/C18H16N2O5S3/c1-9(21)19-11-6-4-3-5-10(11)13(15(19)22)14-16(23)20(18(26)28-14)12(17(24)25)7-8-27-2/h3-6,12H,7-8H2,1-2H3,(H,24,25)/b14-13-/t12-/m1/s1. The fourth-order valence-electron chi connectivity index (χ4n) is 3.14. The highest BCUT2D eigenvalue weighted by Crippen LogP contribution is 2.45. The lowest BCUT2D eigenvalue weighted by Gasteiger charge is -2.22. The monoisotopic (exact) mass is 436 g/mol. The van der Waals surface area contributed by atoms with Crippen LogP contribution in [0.25, 0.3) is 5.57 Å². The van der Waals surface area contributed by atoms with Crippen LogP contribution in [-0.4, -0.2) is 56.1 Å². The van der Waals surface area contributed by atoms with E-state index in [1.165, 1.54) is 18.7 Å². The minimum atomic E-state index is -1.15. The Hall–Kier alpha value is -2.17. The van der Waals surface area contributed by atoms with Gasteiger partial charge in [0.05, 0.1) is 16.2 Å². The quantitative estimate of drug-likeness (QED) is 0.555. The number of carbonyl (C=O) groups is 4. The molecule has 0 spiro atoms. The molecule has 146 valence electrons. The Morgan fingerprint density at radius 1 is 1.25 bits per heavy atom. The van der Waals surface area contributed by atoms with E-state index >= 15 is 0 Å². The van der Waals surface area contributed by atoms with Gasteiger partial charge in [-0.2, -0.15) is 11.8 Å². The number of imide groups is 1. The van der Waals surface area contributed by atoms with Gasteiger partial charge in [-0.05, 0) is 24.5 Å². The molecule has 2 aliphatic rings. The van der Waals surface area contributed by atoms with Gasteiger partial charge in [0.15, 0.2) is 0 Å². The number of hydrogen-bond acceptors (Lipinski definition) is 7.